The van der Waals surface area contributed by atoms with E-state index in [4.69, 9.17) is 23.2 Å². The van der Waals surface area contributed by atoms with Gasteiger partial charge in [0.15, 0.2) is 0 Å². The Hall–Kier alpha value is -1.78. The van der Waals surface area contributed by atoms with Gasteiger partial charge in [-0.3, -0.25) is 10.1 Å². The largest absolute Gasteiger partial charge is 0.375 e. The minimum Gasteiger partial charge on any atom is -0.375 e. The molecule has 2 aromatic rings. The van der Waals surface area contributed by atoms with E-state index >= 15 is 0 Å². The fourth-order valence-electron chi connectivity index (χ4n) is 1.67. The standard InChI is InChI=1S/C13H10Cl2N2O2/c14-10-4-3-5-11(15)9(10)8-16-12-6-1-2-7-13(12)17(18)19/h1-7,16H,8H2. The van der Waals surface area contributed by atoms with Crippen molar-refractivity contribution in [1.82, 2.24) is 0 Å². The van der Waals surface area contributed by atoms with Gasteiger partial charge in [-0.25, -0.2) is 0 Å². The van der Waals surface area contributed by atoms with Gasteiger partial charge >= 0.3 is 0 Å². The van der Waals surface area contributed by atoms with Crippen molar-refractivity contribution in [3.05, 3.63) is 68.2 Å². The smallest absolute Gasteiger partial charge is 0.292 e. The summed E-state index contributed by atoms with van der Waals surface area (Å²) < 4.78 is 0. The summed E-state index contributed by atoms with van der Waals surface area (Å²) in [7, 11) is 0. The maximum Gasteiger partial charge on any atom is 0.292 e. The van der Waals surface area contributed by atoms with Crippen molar-refractivity contribution < 1.29 is 4.92 Å². The van der Waals surface area contributed by atoms with Crippen molar-refractivity contribution in [3.8, 4) is 0 Å². The first-order valence-electron chi connectivity index (χ1n) is 5.50. The predicted octanol–water partition coefficient (Wildman–Crippen LogP) is 4.51. The first kappa shape index (κ1) is 13.6. The van der Waals surface area contributed by atoms with Crippen LogP contribution in [0.3, 0.4) is 0 Å². The van der Waals surface area contributed by atoms with Crippen LogP contribution in [0, 0.1) is 10.1 Å². The highest BCUT2D eigenvalue weighted by molar-refractivity contribution is 6.36. The lowest BCUT2D eigenvalue weighted by Crippen LogP contribution is -2.03. The minimum atomic E-state index is -0.434. The Bertz CT molecular complexity index is 597. The van der Waals surface area contributed by atoms with Crippen LogP contribution in [0.25, 0.3) is 0 Å². The third-order valence-electron chi connectivity index (χ3n) is 2.62. The average molecular weight is 297 g/mol. The molecule has 0 bridgehead atoms. The third-order valence-corrected chi connectivity index (χ3v) is 3.33. The molecular formula is C13H10Cl2N2O2. The highest BCUT2D eigenvalue weighted by Crippen LogP contribution is 2.28. The molecule has 0 spiro atoms. The Morgan fingerprint density at radius 2 is 1.68 bits per heavy atom. The Morgan fingerprint density at radius 3 is 2.32 bits per heavy atom. The van der Waals surface area contributed by atoms with Crippen LogP contribution in [-0.4, -0.2) is 4.92 Å². The summed E-state index contributed by atoms with van der Waals surface area (Å²) in [6.07, 6.45) is 0. The molecule has 0 aromatic heterocycles. The van der Waals surface area contributed by atoms with E-state index in [9.17, 15) is 10.1 Å². The Labute approximate surface area is 120 Å². The number of nitrogens with zero attached hydrogens (tertiary/aromatic N) is 1. The summed E-state index contributed by atoms with van der Waals surface area (Å²) in [5.41, 5.74) is 1.16. The molecule has 0 heterocycles. The second-order valence-corrected chi connectivity index (χ2v) is 4.64. The predicted molar refractivity (Wildman–Crippen MR) is 76.9 cm³/mol. The van der Waals surface area contributed by atoms with Crippen LogP contribution >= 0.6 is 23.2 Å². The van der Waals surface area contributed by atoms with Crippen LogP contribution in [0.5, 0.6) is 0 Å². The van der Waals surface area contributed by atoms with E-state index < -0.39 is 4.92 Å². The molecule has 0 amide bonds. The number of halogens is 2. The van der Waals surface area contributed by atoms with E-state index in [-0.39, 0.29) is 5.69 Å². The van der Waals surface area contributed by atoms with Crippen molar-refractivity contribution in [2.75, 3.05) is 5.32 Å². The molecule has 0 unspecified atom stereocenters. The monoisotopic (exact) mass is 296 g/mol. The molecule has 0 aliphatic carbocycles. The minimum absolute atomic E-state index is 0.0191. The molecule has 4 nitrogen and oxygen atoms in total. The van der Waals surface area contributed by atoms with Crippen LogP contribution in [0.2, 0.25) is 10.0 Å². The zero-order valence-corrected chi connectivity index (χ0v) is 11.3. The average Bonchev–Trinajstić information content (AvgIpc) is 2.38. The molecule has 0 radical (unpaired) electrons. The van der Waals surface area contributed by atoms with E-state index in [0.29, 0.717) is 27.8 Å². The topological polar surface area (TPSA) is 55.2 Å². The molecule has 1 N–H and O–H groups in total. The molecule has 0 atom stereocenters. The highest BCUT2D eigenvalue weighted by atomic mass is 35.5. The fourth-order valence-corrected chi connectivity index (χ4v) is 2.20. The molecule has 2 rings (SSSR count). The lowest BCUT2D eigenvalue weighted by Gasteiger charge is -2.09. The summed E-state index contributed by atoms with van der Waals surface area (Å²) in [4.78, 5) is 10.4. The third kappa shape index (κ3) is 3.16. The summed E-state index contributed by atoms with van der Waals surface area (Å²) in [5.74, 6) is 0. The number of benzene rings is 2. The second-order valence-electron chi connectivity index (χ2n) is 3.83. The van der Waals surface area contributed by atoms with Crippen LogP contribution in [0.1, 0.15) is 5.56 Å². The van der Waals surface area contributed by atoms with Gasteiger partial charge in [0.2, 0.25) is 0 Å². The molecule has 2 aromatic carbocycles. The Balaban J connectivity index is 2.22. The fraction of sp³-hybridized carbons (Fsp3) is 0.0769. The Morgan fingerprint density at radius 1 is 1.05 bits per heavy atom. The molecule has 0 aliphatic heterocycles. The van der Waals surface area contributed by atoms with Gasteiger partial charge < -0.3 is 5.32 Å². The van der Waals surface area contributed by atoms with Crippen molar-refractivity contribution in [3.63, 3.8) is 0 Å². The van der Waals surface area contributed by atoms with E-state index in [1.807, 2.05) is 0 Å². The zero-order valence-electron chi connectivity index (χ0n) is 9.77. The number of hydrogen-bond acceptors (Lipinski definition) is 3. The molecule has 98 valence electrons. The van der Waals surface area contributed by atoms with Gasteiger partial charge in [-0.15, -0.1) is 0 Å². The van der Waals surface area contributed by atoms with Gasteiger partial charge in [0.25, 0.3) is 5.69 Å². The van der Waals surface area contributed by atoms with Gasteiger partial charge in [-0.05, 0) is 18.2 Å². The first-order chi connectivity index (χ1) is 9.09. The number of nitrogens with one attached hydrogen (secondary N) is 1. The van der Waals surface area contributed by atoms with Crippen LogP contribution in [-0.2, 0) is 6.54 Å². The summed E-state index contributed by atoms with van der Waals surface area (Å²) in [6.45, 7) is 0.323. The SMILES string of the molecule is O=[N+]([O-])c1ccccc1NCc1c(Cl)cccc1Cl. The van der Waals surface area contributed by atoms with Crippen LogP contribution < -0.4 is 5.32 Å². The van der Waals surface area contributed by atoms with E-state index in [0.717, 1.165) is 0 Å². The summed E-state index contributed by atoms with van der Waals surface area (Å²) in [5, 5.41) is 14.9. The van der Waals surface area contributed by atoms with E-state index in [2.05, 4.69) is 5.32 Å². The van der Waals surface area contributed by atoms with E-state index in [1.54, 1.807) is 36.4 Å². The van der Waals surface area contributed by atoms with Crippen LogP contribution in [0.4, 0.5) is 11.4 Å². The quantitative estimate of drug-likeness (QED) is 0.667. The molecule has 0 saturated carbocycles. The van der Waals surface area contributed by atoms with Gasteiger partial charge in [0.1, 0.15) is 5.69 Å². The van der Waals surface area contributed by atoms with Crippen molar-refractivity contribution >= 4 is 34.6 Å². The number of rotatable bonds is 4. The molecule has 0 saturated heterocycles. The lowest BCUT2D eigenvalue weighted by atomic mass is 10.2. The summed E-state index contributed by atoms with van der Waals surface area (Å²) in [6, 6.07) is 11.6. The van der Waals surface area contributed by atoms with Crippen molar-refractivity contribution in [2.24, 2.45) is 0 Å². The number of nitro benzene ring substituents is 1. The van der Waals surface area contributed by atoms with Crippen molar-refractivity contribution in [1.29, 1.82) is 0 Å². The van der Waals surface area contributed by atoms with Gasteiger partial charge in [-0.1, -0.05) is 41.4 Å². The normalized spacial score (nSPS) is 10.2. The highest BCUT2D eigenvalue weighted by Gasteiger charge is 2.13. The first-order valence-corrected chi connectivity index (χ1v) is 6.25. The second kappa shape index (κ2) is 5.91. The molecule has 0 aliphatic rings. The van der Waals surface area contributed by atoms with Crippen LogP contribution in [0.15, 0.2) is 42.5 Å². The van der Waals surface area contributed by atoms with Gasteiger partial charge in [0.05, 0.1) is 4.92 Å². The maximum absolute atomic E-state index is 10.9. The number of hydrogen-bond donors (Lipinski definition) is 1. The molecular weight excluding hydrogens is 287 g/mol. The maximum atomic E-state index is 10.9. The van der Waals surface area contributed by atoms with Gasteiger partial charge in [-0.2, -0.15) is 0 Å². The Kier molecular flexibility index (Phi) is 4.24. The number of nitro groups is 1. The molecule has 19 heavy (non-hydrogen) atoms. The lowest BCUT2D eigenvalue weighted by molar-refractivity contribution is -0.384. The van der Waals surface area contributed by atoms with E-state index in [1.165, 1.54) is 6.07 Å². The summed E-state index contributed by atoms with van der Waals surface area (Å²) >= 11 is 12.1. The number of para-hydroxylation sites is 2. The van der Waals surface area contributed by atoms with Gasteiger partial charge in [0, 0.05) is 28.2 Å². The van der Waals surface area contributed by atoms with Crippen molar-refractivity contribution in [2.45, 2.75) is 6.54 Å². The number of anilines is 1. The zero-order chi connectivity index (χ0) is 13.8. The molecule has 0 fully saturated rings. The molecule has 6 heteroatoms.